The van der Waals surface area contributed by atoms with Gasteiger partial charge in [0.1, 0.15) is 5.82 Å². The van der Waals surface area contributed by atoms with E-state index in [9.17, 15) is 14.0 Å². The lowest BCUT2D eigenvalue weighted by Crippen LogP contribution is -2.34. The summed E-state index contributed by atoms with van der Waals surface area (Å²) in [6.07, 6.45) is 2.50. The van der Waals surface area contributed by atoms with Crippen molar-refractivity contribution in [2.75, 3.05) is 18.0 Å². The van der Waals surface area contributed by atoms with Gasteiger partial charge in [-0.15, -0.1) is 0 Å². The number of para-hydroxylation sites is 1. The molecule has 4 nitrogen and oxygen atoms in total. The maximum Gasteiger partial charge on any atom is 0.227 e. The van der Waals surface area contributed by atoms with Crippen LogP contribution in [0.1, 0.15) is 19.3 Å². The highest BCUT2D eigenvalue weighted by atomic mass is 19.1. The number of hydrogen-bond donors (Lipinski definition) is 1. The van der Waals surface area contributed by atoms with E-state index in [4.69, 9.17) is 0 Å². The maximum atomic E-state index is 13.7. The fourth-order valence-electron chi connectivity index (χ4n) is 2.50. The molecule has 0 bridgehead atoms. The number of nitrogens with one attached hydrogen (secondary N) is 1. The number of rotatable bonds is 4. The summed E-state index contributed by atoms with van der Waals surface area (Å²) in [6, 6.07) is 6.16. The fraction of sp³-hybridized carbons (Fsp3) is 0.467. The molecule has 5 heteroatoms. The van der Waals surface area contributed by atoms with Crippen LogP contribution in [-0.4, -0.2) is 24.9 Å². The molecule has 20 heavy (non-hydrogen) atoms. The molecule has 1 N–H and O–H groups in total. The van der Waals surface area contributed by atoms with Crippen molar-refractivity contribution in [1.82, 2.24) is 5.32 Å². The van der Waals surface area contributed by atoms with Crippen LogP contribution in [0.25, 0.3) is 0 Å². The first-order valence-corrected chi connectivity index (χ1v) is 6.98. The molecule has 1 unspecified atom stereocenters. The molecule has 106 valence electrons. The molecule has 2 aliphatic rings. The molecule has 2 amide bonds. The van der Waals surface area contributed by atoms with Gasteiger partial charge in [-0.2, -0.15) is 0 Å². The molecular formula is C15H17FN2O2. The molecule has 2 fully saturated rings. The van der Waals surface area contributed by atoms with Crippen molar-refractivity contribution in [1.29, 1.82) is 0 Å². The average Bonchev–Trinajstić information content (AvgIpc) is 3.19. The molecule has 1 aliphatic heterocycles. The Morgan fingerprint density at radius 1 is 1.35 bits per heavy atom. The van der Waals surface area contributed by atoms with Gasteiger partial charge >= 0.3 is 0 Å². The van der Waals surface area contributed by atoms with Crippen molar-refractivity contribution in [2.45, 2.75) is 19.3 Å². The van der Waals surface area contributed by atoms with Crippen LogP contribution in [0.3, 0.4) is 0 Å². The van der Waals surface area contributed by atoms with Crippen LogP contribution in [0.5, 0.6) is 0 Å². The summed E-state index contributed by atoms with van der Waals surface area (Å²) in [5.74, 6) is -0.481. The predicted octanol–water partition coefficient (Wildman–Crippen LogP) is 1.70. The molecule has 1 saturated heterocycles. The number of benzene rings is 1. The van der Waals surface area contributed by atoms with Crippen LogP contribution >= 0.6 is 0 Å². The summed E-state index contributed by atoms with van der Waals surface area (Å²) in [7, 11) is 0. The fourth-order valence-corrected chi connectivity index (χ4v) is 2.50. The normalized spacial score (nSPS) is 22.1. The molecule has 1 aromatic rings. The number of anilines is 1. The molecule has 1 heterocycles. The van der Waals surface area contributed by atoms with Crippen LogP contribution in [0.2, 0.25) is 0 Å². The van der Waals surface area contributed by atoms with Gasteiger partial charge < -0.3 is 10.2 Å². The van der Waals surface area contributed by atoms with Gasteiger partial charge in [0.15, 0.2) is 0 Å². The van der Waals surface area contributed by atoms with E-state index in [2.05, 4.69) is 5.32 Å². The van der Waals surface area contributed by atoms with Crippen molar-refractivity contribution in [3.8, 4) is 0 Å². The van der Waals surface area contributed by atoms with E-state index in [1.807, 2.05) is 0 Å². The molecule has 0 aromatic heterocycles. The predicted molar refractivity (Wildman–Crippen MR) is 72.6 cm³/mol. The Labute approximate surface area is 117 Å². The highest BCUT2D eigenvalue weighted by Gasteiger charge is 2.36. The largest absolute Gasteiger partial charge is 0.356 e. The zero-order valence-corrected chi connectivity index (χ0v) is 11.1. The third-order valence-corrected chi connectivity index (χ3v) is 3.90. The average molecular weight is 276 g/mol. The molecule has 1 aliphatic carbocycles. The van der Waals surface area contributed by atoms with E-state index in [-0.39, 0.29) is 36.4 Å². The zero-order chi connectivity index (χ0) is 14.1. The van der Waals surface area contributed by atoms with Crippen LogP contribution in [-0.2, 0) is 9.59 Å². The highest BCUT2D eigenvalue weighted by Crippen LogP contribution is 2.29. The SMILES string of the molecule is O=C(NCC1CC1)C1CC(=O)N(c2ccccc2F)C1. The number of nitrogens with zero attached hydrogens (tertiary/aromatic N) is 1. The van der Waals surface area contributed by atoms with Gasteiger partial charge in [-0.3, -0.25) is 9.59 Å². The first-order valence-electron chi connectivity index (χ1n) is 6.98. The molecule has 1 atom stereocenters. The van der Waals surface area contributed by atoms with E-state index in [1.165, 1.54) is 23.8 Å². The van der Waals surface area contributed by atoms with E-state index < -0.39 is 5.82 Å². The number of carbonyl (C=O) groups excluding carboxylic acids is 2. The topological polar surface area (TPSA) is 49.4 Å². The second-order valence-electron chi connectivity index (χ2n) is 5.55. The van der Waals surface area contributed by atoms with Crippen molar-refractivity contribution < 1.29 is 14.0 Å². The number of carbonyl (C=O) groups is 2. The van der Waals surface area contributed by atoms with Gasteiger partial charge in [0.05, 0.1) is 11.6 Å². The number of halogens is 1. The summed E-state index contributed by atoms with van der Waals surface area (Å²) in [4.78, 5) is 25.3. The zero-order valence-electron chi connectivity index (χ0n) is 11.1. The first-order chi connectivity index (χ1) is 9.65. The van der Waals surface area contributed by atoms with Crippen LogP contribution in [0, 0.1) is 17.7 Å². The Kier molecular flexibility index (Phi) is 3.42. The molecule has 3 rings (SSSR count). The monoisotopic (exact) mass is 276 g/mol. The van der Waals surface area contributed by atoms with Gasteiger partial charge in [0.25, 0.3) is 0 Å². The Bertz CT molecular complexity index is 542. The van der Waals surface area contributed by atoms with Crippen molar-refractivity contribution >= 4 is 17.5 Å². The van der Waals surface area contributed by atoms with Crippen LogP contribution in [0.15, 0.2) is 24.3 Å². The Morgan fingerprint density at radius 3 is 2.80 bits per heavy atom. The van der Waals surface area contributed by atoms with E-state index in [0.29, 0.717) is 12.5 Å². The lowest BCUT2D eigenvalue weighted by Gasteiger charge is -2.17. The third-order valence-electron chi connectivity index (χ3n) is 3.90. The van der Waals surface area contributed by atoms with E-state index in [0.717, 1.165) is 0 Å². The standard InChI is InChI=1S/C15H17FN2O2/c16-12-3-1-2-4-13(12)18-9-11(7-14(18)19)15(20)17-8-10-5-6-10/h1-4,10-11H,5-9H2,(H,17,20). The number of hydrogen-bond acceptors (Lipinski definition) is 2. The van der Waals surface area contributed by atoms with Gasteiger partial charge in [-0.1, -0.05) is 12.1 Å². The Balaban J connectivity index is 1.65. The summed E-state index contributed by atoms with van der Waals surface area (Å²) in [6.45, 7) is 0.958. The minimum absolute atomic E-state index is 0.0934. The second-order valence-corrected chi connectivity index (χ2v) is 5.55. The van der Waals surface area contributed by atoms with Crippen LogP contribution in [0.4, 0.5) is 10.1 Å². The maximum absolute atomic E-state index is 13.7. The number of amides is 2. The third kappa shape index (κ3) is 2.66. The van der Waals surface area contributed by atoms with Crippen molar-refractivity contribution in [2.24, 2.45) is 11.8 Å². The minimum atomic E-state index is -0.431. The van der Waals surface area contributed by atoms with E-state index >= 15 is 0 Å². The van der Waals surface area contributed by atoms with E-state index in [1.54, 1.807) is 18.2 Å². The summed E-state index contributed by atoms with van der Waals surface area (Å²) < 4.78 is 13.7. The molecule has 0 radical (unpaired) electrons. The smallest absolute Gasteiger partial charge is 0.227 e. The van der Waals surface area contributed by atoms with Gasteiger partial charge in [-0.05, 0) is 30.9 Å². The highest BCUT2D eigenvalue weighted by molar-refractivity contribution is 6.00. The van der Waals surface area contributed by atoms with Gasteiger partial charge in [-0.25, -0.2) is 4.39 Å². The lowest BCUT2D eigenvalue weighted by molar-refractivity contribution is -0.126. The lowest BCUT2D eigenvalue weighted by atomic mass is 10.1. The van der Waals surface area contributed by atoms with Crippen molar-refractivity contribution in [3.05, 3.63) is 30.1 Å². The second kappa shape index (κ2) is 5.23. The first kappa shape index (κ1) is 13.1. The quantitative estimate of drug-likeness (QED) is 0.910. The summed E-state index contributed by atoms with van der Waals surface area (Å²) in [5, 5.41) is 2.88. The Morgan fingerprint density at radius 2 is 2.10 bits per heavy atom. The molecule has 0 spiro atoms. The molecular weight excluding hydrogens is 259 g/mol. The van der Waals surface area contributed by atoms with Gasteiger partial charge in [0.2, 0.25) is 11.8 Å². The van der Waals surface area contributed by atoms with Crippen LogP contribution < -0.4 is 10.2 Å². The molecule has 1 aromatic carbocycles. The minimum Gasteiger partial charge on any atom is -0.356 e. The summed E-state index contributed by atoms with van der Waals surface area (Å²) in [5.41, 5.74) is 0.259. The van der Waals surface area contributed by atoms with Crippen molar-refractivity contribution in [3.63, 3.8) is 0 Å². The van der Waals surface area contributed by atoms with Gasteiger partial charge in [0, 0.05) is 19.5 Å². The Hall–Kier alpha value is -1.91. The molecule has 1 saturated carbocycles. The summed E-state index contributed by atoms with van der Waals surface area (Å²) >= 11 is 0.